The smallest absolute Gasteiger partial charge is 0.222 e. The van der Waals surface area contributed by atoms with Crippen molar-refractivity contribution in [2.45, 2.75) is 45.4 Å². The van der Waals surface area contributed by atoms with Crippen LogP contribution in [0.25, 0.3) is 0 Å². The van der Waals surface area contributed by atoms with Crippen molar-refractivity contribution in [2.75, 3.05) is 32.7 Å². The van der Waals surface area contributed by atoms with Gasteiger partial charge in [0, 0.05) is 32.0 Å². The maximum Gasteiger partial charge on any atom is 0.222 e. The monoisotopic (exact) mass is 328 g/mol. The summed E-state index contributed by atoms with van der Waals surface area (Å²) >= 11 is 0. The van der Waals surface area contributed by atoms with Crippen LogP contribution in [-0.4, -0.2) is 48.4 Å². The van der Waals surface area contributed by atoms with Gasteiger partial charge in [0.15, 0.2) is 0 Å². The zero-order valence-corrected chi connectivity index (χ0v) is 15.3. The van der Waals surface area contributed by atoms with Gasteiger partial charge in [-0.1, -0.05) is 50.6 Å². The minimum atomic E-state index is 0.340. The van der Waals surface area contributed by atoms with Crippen molar-refractivity contribution in [2.24, 2.45) is 11.8 Å². The maximum absolute atomic E-state index is 12.6. The van der Waals surface area contributed by atoms with Gasteiger partial charge in [-0.05, 0) is 43.3 Å². The topological polar surface area (TPSA) is 23.6 Å². The number of rotatable bonds is 5. The molecule has 132 valence electrons. The lowest BCUT2D eigenvalue weighted by atomic mass is 9.88. The molecule has 0 saturated carbocycles. The molecule has 0 unspecified atom stereocenters. The van der Waals surface area contributed by atoms with Crippen LogP contribution in [0, 0.1) is 11.8 Å². The zero-order chi connectivity index (χ0) is 16.9. The summed E-state index contributed by atoms with van der Waals surface area (Å²) in [5, 5.41) is 0. The molecule has 0 aliphatic carbocycles. The lowest BCUT2D eigenvalue weighted by Gasteiger charge is -2.31. The molecule has 1 aromatic rings. The second-order valence-corrected chi connectivity index (χ2v) is 8.04. The van der Waals surface area contributed by atoms with Gasteiger partial charge in [-0.2, -0.15) is 0 Å². The molecule has 3 heteroatoms. The molecule has 0 aromatic heterocycles. The first-order valence-corrected chi connectivity index (χ1v) is 9.68. The molecule has 0 N–H and O–H groups in total. The SMILES string of the molecule is CC(C)CC(=O)N1C[C@H](CN2CCCCC2)[C@@H](c2ccccc2)C1. The Morgan fingerprint density at radius 2 is 1.79 bits per heavy atom. The van der Waals surface area contributed by atoms with E-state index in [-0.39, 0.29) is 0 Å². The summed E-state index contributed by atoms with van der Waals surface area (Å²) in [6, 6.07) is 10.8. The molecular weight excluding hydrogens is 296 g/mol. The lowest BCUT2D eigenvalue weighted by Crippen LogP contribution is -2.37. The van der Waals surface area contributed by atoms with Crippen LogP contribution < -0.4 is 0 Å². The Hall–Kier alpha value is -1.35. The number of likely N-dealkylation sites (tertiary alicyclic amines) is 2. The maximum atomic E-state index is 12.6. The average Bonchev–Trinajstić information content (AvgIpc) is 3.00. The number of benzene rings is 1. The van der Waals surface area contributed by atoms with E-state index in [1.807, 2.05) is 0 Å². The Bertz CT molecular complexity index is 522. The summed E-state index contributed by atoms with van der Waals surface area (Å²) in [7, 11) is 0. The number of amides is 1. The summed E-state index contributed by atoms with van der Waals surface area (Å²) in [5.74, 6) is 1.84. The van der Waals surface area contributed by atoms with E-state index in [1.165, 1.54) is 37.9 Å². The number of hydrogen-bond donors (Lipinski definition) is 0. The third-order valence-electron chi connectivity index (χ3n) is 5.55. The van der Waals surface area contributed by atoms with E-state index in [0.717, 1.165) is 19.6 Å². The lowest BCUT2D eigenvalue weighted by molar-refractivity contribution is -0.131. The summed E-state index contributed by atoms with van der Waals surface area (Å²) in [6.45, 7) is 9.71. The van der Waals surface area contributed by atoms with E-state index in [1.54, 1.807) is 0 Å². The Labute approximate surface area is 147 Å². The van der Waals surface area contributed by atoms with Crippen LogP contribution in [0.2, 0.25) is 0 Å². The summed E-state index contributed by atoms with van der Waals surface area (Å²) < 4.78 is 0. The van der Waals surface area contributed by atoms with Crippen molar-refractivity contribution >= 4 is 5.91 Å². The molecule has 2 fully saturated rings. The molecule has 3 rings (SSSR count). The van der Waals surface area contributed by atoms with Gasteiger partial charge < -0.3 is 9.80 Å². The van der Waals surface area contributed by atoms with Gasteiger partial charge in [-0.25, -0.2) is 0 Å². The van der Waals surface area contributed by atoms with Crippen LogP contribution in [0.3, 0.4) is 0 Å². The minimum Gasteiger partial charge on any atom is -0.342 e. The van der Waals surface area contributed by atoms with Gasteiger partial charge in [-0.3, -0.25) is 4.79 Å². The third-order valence-corrected chi connectivity index (χ3v) is 5.55. The Balaban J connectivity index is 1.71. The van der Waals surface area contributed by atoms with E-state index in [2.05, 4.69) is 54.0 Å². The van der Waals surface area contributed by atoms with Gasteiger partial charge in [0.1, 0.15) is 0 Å². The van der Waals surface area contributed by atoms with Crippen molar-refractivity contribution in [3.8, 4) is 0 Å². The van der Waals surface area contributed by atoms with Crippen LogP contribution in [0.4, 0.5) is 0 Å². The second kappa shape index (κ2) is 8.15. The number of hydrogen-bond acceptors (Lipinski definition) is 2. The first kappa shape index (κ1) is 17.5. The molecule has 0 bridgehead atoms. The Kier molecular flexibility index (Phi) is 5.94. The van der Waals surface area contributed by atoms with Crippen molar-refractivity contribution in [1.29, 1.82) is 0 Å². The number of carbonyl (C=O) groups is 1. The fourth-order valence-electron chi connectivity index (χ4n) is 4.29. The molecule has 0 radical (unpaired) electrons. The fourth-order valence-corrected chi connectivity index (χ4v) is 4.29. The van der Waals surface area contributed by atoms with Crippen molar-refractivity contribution in [3.05, 3.63) is 35.9 Å². The van der Waals surface area contributed by atoms with E-state index >= 15 is 0 Å². The summed E-state index contributed by atoms with van der Waals surface area (Å²) in [4.78, 5) is 17.3. The number of carbonyl (C=O) groups excluding carboxylic acids is 1. The minimum absolute atomic E-state index is 0.340. The van der Waals surface area contributed by atoms with Crippen LogP contribution in [0.5, 0.6) is 0 Å². The first-order chi connectivity index (χ1) is 11.6. The van der Waals surface area contributed by atoms with Crippen LogP contribution in [0.1, 0.15) is 51.0 Å². The van der Waals surface area contributed by atoms with Crippen molar-refractivity contribution < 1.29 is 4.79 Å². The average molecular weight is 328 g/mol. The highest BCUT2D eigenvalue weighted by atomic mass is 16.2. The van der Waals surface area contributed by atoms with Crippen LogP contribution in [0.15, 0.2) is 30.3 Å². The quantitative estimate of drug-likeness (QED) is 0.821. The highest BCUT2D eigenvalue weighted by molar-refractivity contribution is 5.76. The van der Waals surface area contributed by atoms with Gasteiger partial charge in [-0.15, -0.1) is 0 Å². The van der Waals surface area contributed by atoms with Gasteiger partial charge >= 0.3 is 0 Å². The van der Waals surface area contributed by atoms with Crippen molar-refractivity contribution in [1.82, 2.24) is 9.80 Å². The number of nitrogens with zero attached hydrogens (tertiary/aromatic N) is 2. The van der Waals surface area contributed by atoms with Crippen molar-refractivity contribution in [3.63, 3.8) is 0 Å². The van der Waals surface area contributed by atoms with E-state index in [9.17, 15) is 4.79 Å². The zero-order valence-electron chi connectivity index (χ0n) is 15.3. The van der Waals surface area contributed by atoms with E-state index in [0.29, 0.717) is 30.1 Å². The van der Waals surface area contributed by atoms with E-state index < -0.39 is 0 Å². The molecule has 24 heavy (non-hydrogen) atoms. The highest BCUT2D eigenvalue weighted by Crippen LogP contribution is 2.34. The summed E-state index contributed by atoms with van der Waals surface area (Å²) in [6.07, 6.45) is 4.72. The van der Waals surface area contributed by atoms with Gasteiger partial charge in [0.25, 0.3) is 0 Å². The molecule has 0 spiro atoms. The van der Waals surface area contributed by atoms with Gasteiger partial charge in [0.2, 0.25) is 5.91 Å². The first-order valence-electron chi connectivity index (χ1n) is 9.68. The molecule has 2 aliphatic rings. The van der Waals surface area contributed by atoms with Crippen LogP contribution >= 0.6 is 0 Å². The molecule has 2 atom stereocenters. The molecular formula is C21H32N2O. The second-order valence-electron chi connectivity index (χ2n) is 8.04. The fraction of sp³-hybridized carbons (Fsp3) is 0.667. The largest absolute Gasteiger partial charge is 0.342 e. The van der Waals surface area contributed by atoms with Crippen LogP contribution in [-0.2, 0) is 4.79 Å². The normalized spacial score (nSPS) is 25.4. The standard InChI is InChI=1S/C21H32N2O/c1-17(2)13-21(24)23-15-19(14-22-11-7-4-8-12-22)20(16-23)18-9-5-3-6-10-18/h3,5-6,9-10,17,19-20H,4,7-8,11-16H2,1-2H3/t19-,20+/m0/s1. The summed E-state index contributed by atoms with van der Waals surface area (Å²) in [5.41, 5.74) is 1.40. The predicted molar refractivity (Wildman–Crippen MR) is 99.0 cm³/mol. The molecule has 1 aromatic carbocycles. The van der Waals surface area contributed by atoms with Gasteiger partial charge in [0.05, 0.1) is 0 Å². The van der Waals surface area contributed by atoms with E-state index in [4.69, 9.17) is 0 Å². The highest BCUT2D eigenvalue weighted by Gasteiger charge is 2.37. The third kappa shape index (κ3) is 4.38. The molecule has 2 saturated heterocycles. The molecule has 1 amide bonds. The Morgan fingerprint density at radius 1 is 1.08 bits per heavy atom. The predicted octanol–water partition coefficient (Wildman–Crippen LogP) is 3.76. The Morgan fingerprint density at radius 3 is 2.46 bits per heavy atom. The molecule has 2 aliphatic heterocycles. The molecule has 3 nitrogen and oxygen atoms in total. The number of piperidine rings is 1. The molecule has 2 heterocycles.